The van der Waals surface area contributed by atoms with Crippen LogP contribution in [0.15, 0.2) is 48.5 Å². The molecule has 3 aromatic rings. The van der Waals surface area contributed by atoms with Gasteiger partial charge in [0.2, 0.25) is 0 Å². The van der Waals surface area contributed by atoms with Crippen molar-refractivity contribution < 1.29 is 19.0 Å². The highest BCUT2D eigenvalue weighted by Gasteiger charge is 2.52. The van der Waals surface area contributed by atoms with Crippen LogP contribution in [-0.2, 0) is 10.2 Å². The van der Waals surface area contributed by atoms with Crippen molar-refractivity contribution in [3.8, 4) is 22.6 Å². The van der Waals surface area contributed by atoms with Gasteiger partial charge in [-0.15, -0.1) is 0 Å². The van der Waals surface area contributed by atoms with Crippen molar-refractivity contribution in [3.05, 3.63) is 59.7 Å². The summed E-state index contributed by atoms with van der Waals surface area (Å²) in [5.74, 6) is 4.38. The Morgan fingerprint density at radius 2 is 1.58 bits per heavy atom. The van der Waals surface area contributed by atoms with E-state index >= 15 is 0 Å². The molecular weight excluding hydrogens is 472 g/mol. The first-order chi connectivity index (χ1) is 17.5. The van der Waals surface area contributed by atoms with Crippen molar-refractivity contribution in [1.82, 2.24) is 0 Å². The quantitative estimate of drug-likeness (QED) is 0.237. The lowest BCUT2D eigenvalue weighted by Gasteiger charge is -2.57. The maximum Gasteiger partial charge on any atom is 0.252 e. The van der Waals surface area contributed by atoms with Crippen molar-refractivity contribution in [3.63, 3.8) is 0 Å². The van der Waals surface area contributed by atoms with Crippen LogP contribution >= 0.6 is 11.6 Å². The summed E-state index contributed by atoms with van der Waals surface area (Å²) in [6, 6.07) is 16.2. The van der Waals surface area contributed by atoms with Gasteiger partial charge in [0.05, 0.1) is 13.7 Å². The predicted octanol–water partition coefficient (Wildman–Crippen LogP) is 7.39. The molecular formula is C31H33ClO4. The Hall–Kier alpha value is -2.56. The molecule has 0 aromatic heterocycles. The Labute approximate surface area is 217 Å². The highest BCUT2D eigenvalue weighted by molar-refractivity contribution is 6.67. The van der Waals surface area contributed by atoms with Crippen LogP contribution < -0.4 is 9.47 Å². The van der Waals surface area contributed by atoms with Crippen LogP contribution in [0, 0.1) is 17.8 Å². The van der Waals surface area contributed by atoms with Crippen LogP contribution in [0.5, 0.6) is 11.5 Å². The van der Waals surface area contributed by atoms with E-state index in [4.69, 9.17) is 25.8 Å². The Bertz CT molecular complexity index is 1260. The molecule has 0 aliphatic heterocycles. The van der Waals surface area contributed by atoms with Crippen LogP contribution in [-0.4, -0.2) is 32.7 Å². The number of halogens is 1. The smallest absolute Gasteiger partial charge is 0.252 e. The van der Waals surface area contributed by atoms with Crippen LogP contribution in [0.4, 0.5) is 0 Å². The van der Waals surface area contributed by atoms with Gasteiger partial charge >= 0.3 is 0 Å². The summed E-state index contributed by atoms with van der Waals surface area (Å²) in [4.78, 5) is 11.5. The molecule has 4 aliphatic carbocycles. The average molecular weight is 505 g/mol. The number of rotatable bonds is 8. The van der Waals surface area contributed by atoms with E-state index in [-0.39, 0.29) is 5.41 Å². The van der Waals surface area contributed by atoms with Gasteiger partial charge in [-0.05, 0) is 109 Å². The van der Waals surface area contributed by atoms with Crippen molar-refractivity contribution in [2.75, 3.05) is 27.4 Å². The van der Waals surface area contributed by atoms with Crippen molar-refractivity contribution in [2.24, 2.45) is 17.8 Å². The van der Waals surface area contributed by atoms with Crippen molar-refractivity contribution in [1.29, 1.82) is 0 Å². The summed E-state index contributed by atoms with van der Waals surface area (Å²) in [5, 5.41) is 1.76. The molecule has 0 spiro atoms. The van der Waals surface area contributed by atoms with Gasteiger partial charge in [-0.1, -0.05) is 24.3 Å². The lowest BCUT2D eigenvalue weighted by atomic mass is 9.48. The maximum atomic E-state index is 11.5. The molecule has 0 amide bonds. The Kier molecular flexibility index (Phi) is 6.21. The third-order valence-corrected chi connectivity index (χ3v) is 9.07. The average Bonchev–Trinajstić information content (AvgIpc) is 2.87. The minimum absolute atomic E-state index is 0.189. The summed E-state index contributed by atoms with van der Waals surface area (Å²) < 4.78 is 17.7. The molecule has 3 aromatic carbocycles. The standard InChI is InChI=1S/C31H33ClO4/c1-34-9-10-36-28-14-24-7-8-25(22-3-5-23(6-4-22)30(32)33)29(35-2)26(24)15-27(28)31-16-19-11-20(17-31)13-21(12-19)18-31/h3-8,14-15,19-21H,9-13,16-18H2,1-2H3. The number of methoxy groups -OCH3 is 2. The minimum Gasteiger partial charge on any atom is -0.495 e. The Morgan fingerprint density at radius 1 is 0.917 bits per heavy atom. The number of hydrogen-bond donors (Lipinski definition) is 0. The molecule has 7 rings (SSSR count). The lowest BCUT2D eigenvalue weighted by molar-refractivity contribution is -0.00653. The molecule has 0 N–H and O–H groups in total. The fourth-order valence-corrected chi connectivity index (χ4v) is 7.89. The molecule has 0 unspecified atom stereocenters. The third kappa shape index (κ3) is 4.09. The highest BCUT2D eigenvalue weighted by atomic mass is 35.5. The second-order valence-corrected chi connectivity index (χ2v) is 11.4. The van der Waals surface area contributed by atoms with Crippen LogP contribution in [0.1, 0.15) is 54.4 Å². The van der Waals surface area contributed by atoms with Crippen molar-refractivity contribution >= 4 is 27.6 Å². The van der Waals surface area contributed by atoms with Crippen molar-refractivity contribution in [2.45, 2.75) is 43.9 Å². The van der Waals surface area contributed by atoms with E-state index < -0.39 is 5.24 Å². The first-order valence-corrected chi connectivity index (χ1v) is 13.4. The molecule has 0 radical (unpaired) electrons. The molecule has 4 nitrogen and oxygen atoms in total. The summed E-state index contributed by atoms with van der Waals surface area (Å²) in [6.07, 6.45) is 8.01. The zero-order valence-electron chi connectivity index (χ0n) is 21.0. The summed E-state index contributed by atoms with van der Waals surface area (Å²) >= 11 is 5.66. The molecule has 188 valence electrons. The van der Waals surface area contributed by atoms with Gasteiger partial charge in [0.15, 0.2) is 0 Å². The minimum atomic E-state index is -0.451. The molecule has 4 bridgehead atoms. The molecule has 0 atom stereocenters. The van der Waals surface area contributed by atoms with Crippen LogP contribution in [0.3, 0.4) is 0 Å². The second-order valence-electron chi connectivity index (χ2n) is 11.1. The third-order valence-electron chi connectivity index (χ3n) is 8.85. The van der Waals surface area contributed by atoms with Gasteiger partial charge in [-0.3, -0.25) is 4.79 Å². The van der Waals surface area contributed by atoms with Crippen LogP contribution in [0.25, 0.3) is 21.9 Å². The van der Waals surface area contributed by atoms with Gasteiger partial charge in [0, 0.05) is 29.2 Å². The number of carbonyl (C=O) groups excluding carboxylic acids is 1. The number of carbonyl (C=O) groups is 1. The summed E-state index contributed by atoms with van der Waals surface area (Å²) in [6.45, 7) is 1.11. The van der Waals surface area contributed by atoms with E-state index in [2.05, 4.69) is 24.3 Å². The highest BCUT2D eigenvalue weighted by Crippen LogP contribution is 2.62. The fraction of sp³-hybridized carbons (Fsp3) is 0.452. The summed E-state index contributed by atoms with van der Waals surface area (Å²) in [5.41, 5.74) is 4.02. The van der Waals surface area contributed by atoms with Gasteiger partial charge < -0.3 is 14.2 Å². The molecule has 0 heterocycles. The number of ether oxygens (including phenoxy) is 3. The maximum absolute atomic E-state index is 11.5. The Balaban J connectivity index is 1.49. The van der Waals surface area contributed by atoms with Gasteiger partial charge in [0.25, 0.3) is 5.24 Å². The summed E-state index contributed by atoms with van der Waals surface area (Å²) in [7, 11) is 3.45. The molecule has 36 heavy (non-hydrogen) atoms. The van der Waals surface area contributed by atoms with E-state index in [1.54, 1.807) is 26.4 Å². The molecule has 4 fully saturated rings. The van der Waals surface area contributed by atoms with E-state index in [9.17, 15) is 4.79 Å². The predicted molar refractivity (Wildman–Crippen MR) is 143 cm³/mol. The zero-order valence-corrected chi connectivity index (χ0v) is 21.8. The fourth-order valence-electron chi connectivity index (χ4n) is 7.76. The number of hydrogen-bond acceptors (Lipinski definition) is 4. The molecule has 4 saturated carbocycles. The Morgan fingerprint density at radius 3 is 2.17 bits per heavy atom. The normalized spacial score (nSPS) is 26.4. The second kappa shape index (κ2) is 9.39. The lowest BCUT2D eigenvalue weighted by Crippen LogP contribution is -2.48. The van der Waals surface area contributed by atoms with E-state index in [0.29, 0.717) is 18.8 Å². The SMILES string of the molecule is COCCOc1cc2ccc(-c3ccc(C(=O)Cl)cc3)c(OC)c2cc1C12CC3CC(CC(C3)C1)C2. The zero-order chi connectivity index (χ0) is 24.9. The topological polar surface area (TPSA) is 44.8 Å². The molecule has 0 saturated heterocycles. The van der Waals surface area contributed by atoms with E-state index in [0.717, 1.165) is 51.2 Å². The number of benzene rings is 3. The molecule has 4 aliphatic rings. The molecule has 5 heteroatoms. The van der Waals surface area contributed by atoms with Gasteiger partial charge in [-0.25, -0.2) is 0 Å². The van der Waals surface area contributed by atoms with Gasteiger partial charge in [0.1, 0.15) is 18.1 Å². The monoisotopic (exact) mass is 504 g/mol. The first-order valence-electron chi connectivity index (χ1n) is 13.1. The van der Waals surface area contributed by atoms with Crippen LogP contribution in [0.2, 0.25) is 0 Å². The number of fused-ring (bicyclic) bond motifs is 1. The van der Waals surface area contributed by atoms with E-state index in [1.165, 1.54) is 44.1 Å². The van der Waals surface area contributed by atoms with E-state index in [1.807, 2.05) is 12.1 Å². The largest absolute Gasteiger partial charge is 0.495 e. The van der Waals surface area contributed by atoms with Gasteiger partial charge in [-0.2, -0.15) is 0 Å². The first kappa shape index (κ1) is 23.8.